The fourth-order valence-electron chi connectivity index (χ4n) is 4.17. The van der Waals surface area contributed by atoms with Gasteiger partial charge in [-0.3, -0.25) is 0 Å². The molecule has 0 aromatic carbocycles. The second-order valence-corrected chi connectivity index (χ2v) is 6.22. The van der Waals surface area contributed by atoms with Crippen LogP contribution < -0.4 is 0 Å². The lowest BCUT2D eigenvalue weighted by Gasteiger charge is -2.62. The minimum Gasteiger partial charge on any atom is -0.0617 e. The molecule has 68 valence electrons. The first kappa shape index (κ1) is 7.41. The average Bonchev–Trinajstić information content (AvgIpc) is 2.75. The maximum atomic E-state index is 2.52. The molecule has 0 N–H and O–H groups in total. The molecule has 0 aliphatic heterocycles. The van der Waals surface area contributed by atoms with Crippen molar-refractivity contribution in [3.63, 3.8) is 0 Å². The zero-order valence-electron chi connectivity index (χ0n) is 8.56. The molecule has 4 fully saturated rings. The highest BCUT2D eigenvalue weighted by Crippen LogP contribution is 2.73. The van der Waals surface area contributed by atoms with Crippen molar-refractivity contribution in [1.29, 1.82) is 0 Å². The molecule has 4 saturated carbocycles. The van der Waals surface area contributed by atoms with E-state index in [2.05, 4.69) is 20.8 Å². The van der Waals surface area contributed by atoms with Crippen LogP contribution in [0.4, 0.5) is 0 Å². The van der Waals surface area contributed by atoms with E-state index in [1.807, 2.05) is 0 Å². The number of hydrogen-bond donors (Lipinski definition) is 0. The molecule has 1 unspecified atom stereocenters. The third-order valence-electron chi connectivity index (χ3n) is 5.66. The standard InChI is InChI=1S/C12H20/c1-8-10-6-9(11(10,2)3)7-12(8)4-5-12/h8-10H,4-7H2,1-3H3/t8-,9?,10-/m0/s1. The van der Waals surface area contributed by atoms with E-state index >= 15 is 0 Å². The molecule has 0 radical (unpaired) electrons. The molecule has 4 aliphatic carbocycles. The van der Waals surface area contributed by atoms with Crippen LogP contribution in [0, 0.1) is 28.6 Å². The molecule has 0 aromatic rings. The molecular formula is C12H20. The Morgan fingerprint density at radius 2 is 1.83 bits per heavy atom. The average molecular weight is 164 g/mol. The number of rotatable bonds is 0. The fourth-order valence-corrected chi connectivity index (χ4v) is 4.17. The van der Waals surface area contributed by atoms with Crippen molar-refractivity contribution in [2.24, 2.45) is 28.6 Å². The van der Waals surface area contributed by atoms with Crippen molar-refractivity contribution in [2.45, 2.75) is 46.5 Å². The molecule has 0 heterocycles. The van der Waals surface area contributed by atoms with Gasteiger partial charge in [0, 0.05) is 0 Å². The summed E-state index contributed by atoms with van der Waals surface area (Å²) in [6.45, 7) is 7.52. The quantitative estimate of drug-likeness (QED) is 0.514. The predicted octanol–water partition coefficient (Wildman–Crippen LogP) is 3.47. The Morgan fingerprint density at radius 1 is 1.17 bits per heavy atom. The van der Waals surface area contributed by atoms with Gasteiger partial charge in [0.25, 0.3) is 0 Å². The Labute approximate surface area is 75.7 Å². The predicted molar refractivity (Wildman–Crippen MR) is 50.8 cm³/mol. The highest BCUT2D eigenvalue weighted by atomic mass is 14.7. The Bertz CT molecular complexity index is 220. The summed E-state index contributed by atoms with van der Waals surface area (Å²) in [5.41, 5.74) is 1.57. The van der Waals surface area contributed by atoms with E-state index in [-0.39, 0.29) is 0 Å². The molecular weight excluding hydrogens is 144 g/mol. The third-order valence-corrected chi connectivity index (χ3v) is 5.66. The van der Waals surface area contributed by atoms with Crippen LogP contribution in [-0.2, 0) is 0 Å². The van der Waals surface area contributed by atoms with Gasteiger partial charge in [-0.1, -0.05) is 20.8 Å². The summed E-state index contributed by atoms with van der Waals surface area (Å²) in [4.78, 5) is 0. The Balaban J connectivity index is 1.91. The van der Waals surface area contributed by atoms with Gasteiger partial charge in [-0.15, -0.1) is 0 Å². The lowest BCUT2D eigenvalue weighted by Crippen LogP contribution is -2.55. The minimum absolute atomic E-state index is 0.702. The van der Waals surface area contributed by atoms with Gasteiger partial charge in [0.2, 0.25) is 0 Å². The molecule has 0 nitrogen and oxygen atoms in total. The molecule has 12 heavy (non-hydrogen) atoms. The molecule has 2 bridgehead atoms. The fraction of sp³-hybridized carbons (Fsp3) is 1.00. The molecule has 1 spiro atoms. The van der Waals surface area contributed by atoms with Crippen LogP contribution in [0.3, 0.4) is 0 Å². The van der Waals surface area contributed by atoms with E-state index in [1.165, 1.54) is 0 Å². The molecule has 4 rings (SSSR count). The topological polar surface area (TPSA) is 0 Å². The van der Waals surface area contributed by atoms with Crippen LogP contribution >= 0.6 is 0 Å². The summed E-state index contributed by atoms with van der Waals surface area (Å²) in [6, 6.07) is 0. The largest absolute Gasteiger partial charge is 0.0617 e. The maximum absolute atomic E-state index is 2.52. The lowest BCUT2D eigenvalue weighted by molar-refractivity contribution is -0.137. The van der Waals surface area contributed by atoms with Gasteiger partial charge in [0.1, 0.15) is 0 Å². The van der Waals surface area contributed by atoms with E-state index in [9.17, 15) is 0 Å². The first-order chi connectivity index (χ1) is 5.56. The lowest BCUT2D eigenvalue weighted by atomic mass is 9.42. The highest BCUT2D eigenvalue weighted by molar-refractivity contribution is 5.14. The summed E-state index contributed by atoms with van der Waals surface area (Å²) < 4.78 is 0. The van der Waals surface area contributed by atoms with Gasteiger partial charge in [-0.25, -0.2) is 0 Å². The zero-order chi connectivity index (χ0) is 8.56. The van der Waals surface area contributed by atoms with Crippen molar-refractivity contribution in [3.8, 4) is 0 Å². The third kappa shape index (κ3) is 0.625. The van der Waals surface area contributed by atoms with Crippen LogP contribution in [0.1, 0.15) is 46.5 Å². The van der Waals surface area contributed by atoms with E-state index in [0.717, 1.165) is 23.2 Å². The van der Waals surface area contributed by atoms with E-state index in [1.54, 1.807) is 25.7 Å². The number of hydrogen-bond acceptors (Lipinski definition) is 0. The van der Waals surface area contributed by atoms with Crippen molar-refractivity contribution < 1.29 is 0 Å². The Kier molecular flexibility index (Phi) is 1.09. The van der Waals surface area contributed by atoms with E-state index in [0.29, 0.717) is 5.41 Å². The monoisotopic (exact) mass is 164 g/mol. The summed E-state index contributed by atoms with van der Waals surface area (Å²) in [5.74, 6) is 3.19. The summed E-state index contributed by atoms with van der Waals surface area (Å²) in [6.07, 6.45) is 6.22. The molecule has 0 heteroatoms. The van der Waals surface area contributed by atoms with Crippen molar-refractivity contribution in [1.82, 2.24) is 0 Å². The Morgan fingerprint density at radius 3 is 2.25 bits per heavy atom. The van der Waals surface area contributed by atoms with Gasteiger partial charge in [-0.2, -0.15) is 0 Å². The summed E-state index contributed by atoms with van der Waals surface area (Å²) >= 11 is 0. The van der Waals surface area contributed by atoms with Gasteiger partial charge in [0.05, 0.1) is 0 Å². The molecule has 0 amide bonds. The first-order valence-corrected chi connectivity index (χ1v) is 5.56. The Hall–Kier alpha value is 0. The van der Waals surface area contributed by atoms with Crippen molar-refractivity contribution >= 4 is 0 Å². The molecule has 0 saturated heterocycles. The highest BCUT2D eigenvalue weighted by Gasteiger charge is 2.65. The normalized spacial score (nSPS) is 51.8. The van der Waals surface area contributed by atoms with Crippen LogP contribution in [0.25, 0.3) is 0 Å². The first-order valence-electron chi connectivity index (χ1n) is 5.56. The van der Waals surface area contributed by atoms with Crippen LogP contribution in [0.15, 0.2) is 0 Å². The zero-order valence-corrected chi connectivity index (χ0v) is 8.56. The second kappa shape index (κ2) is 1.76. The van der Waals surface area contributed by atoms with Crippen LogP contribution in [-0.4, -0.2) is 0 Å². The smallest absolute Gasteiger partial charge is 0.0266 e. The SMILES string of the molecule is C[C@H]1[C@@H]2CC(CC13CC3)C2(C)C. The maximum Gasteiger partial charge on any atom is -0.0266 e. The molecule has 0 aromatic heterocycles. The van der Waals surface area contributed by atoms with Gasteiger partial charge in [-0.05, 0) is 54.3 Å². The van der Waals surface area contributed by atoms with Crippen molar-refractivity contribution in [3.05, 3.63) is 0 Å². The molecule has 4 aliphatic rings. The minimum atomic E-state index is 0.702. The van der Waals surface area contributed by atoms with E-state index < -0.39 is 0 Å². The van der Waals surface area contributed by atoms with Crippen LogP contribution in [0.5, 0.6) is 0 Å². The van der Waals surface area contributed by atoms with Crippen LogP contribution in [0.2, 0.25) is 0 Å². The van der Waals surface area contributed by atoms with Gasteiger partial charge < -0.3 is 0 Å². The van der Waals surface area contributed by atoms with E-state index in [4.69, 9.17) is 0 Å². The summed E-state index contributed by atoms with van der Waals surface area (Å²) in [5, 5.41) is 0. The van der Waals surface area contributed by atoms with Crippen molar-refractivity contribution in [2.75, 3.05) is 0 Å². The van der Waals surface area contributed by atoms with Gasteiger partial charge >= 0.3 is 0 Å². The second-order valence-electron chi connectivity index (χ2n) is 6.22. The summed E-state index contributed by atoms with van der Waals surface area (Å²) in [7, 11) is 0. The van der Waals surface area contributed by atoms with Gasteiger partial charge in [0.15, 0.2) is 0 Å². The molecule has 3 atom stereocenters.